The first-order valence-electron chi connectivity index (χ1n) is 6.17. The molecule has 0 aliphatic heterocycles. The highest BCUT2D eigenvalue weighted by Crippen LogP contribution is 2.19. The minimum atomic E-state index is -0.216. The van der Waals surface area contributed by atoms with Gasteiger partial charge in [0, 0.05) is 35.9 Å². The summed E-state index contributed by atoms with van der Waals surface area (Å²) in [5, 5.41) is 0. The lowest BCUT2D eigenvalue weighted by molar-refractivity contribution is 0.329. The molecule has 0 amide bonds. The molecular weight excluding hydrogens is 307 g/mol. The Balaban J connectivity index is 1.89. The zero-order chi connectivity index (χ0) is 13.7. The standard InChI is InChI=1S/C15H16BrFN2/c1-19(9-7-14-4-2-3-8-18-14)11-12-5-6-13(17)10-15(12)16/h2-6,8,10H,7,9,11H2,1H3. The van der Waals surface area contributed by atoms with Gasteiger partial charge < -0.3 is 4.90 Å². The van der Waals surface area contributed by atoms with Crippen molar-refractivity contribution in [1.29, 1.82) is 0 Å². The number of pyridine rings is 1. The van der Waals surface area contributed by atoms with Crippen molar-refractivity contribution < 1.29 is 4.39 Å². The van der Waals surface area contributed by atoms with E-state index >= 15 is 0 Å². The highest BCUT2D eigenvalue weighted by Gasteiger charge is 2.05. The van der Waals surface area contributed by atoms with Gasteiger partial charge in [0.05, 0.1) is 0 Å². The molecule has 0 aliphatic carbocycles. The lowest BCUT2D eigenvalue weighted by Crippen LogP contribution is -2.21. The highest BCUT2D eigenvalue weighted by molar-refractivity contribution is 9.10. The van der Waals surface area contributed by atoms with Crippen LogP contribution in [0, 0.1) is 5.82 Å². The van der Waals surface area contributed by atoms with Crippen molar-refractivity contribution in [2.24, 2.45) is 0 Å². The average molecular weight is 323 g/mol. The molecule has 1 heterocycles. The maximum absolute atomic E-state index is 13.0. The van der Waals surface area contributed by atoms with E-state index in [1.165, 1.54) is 12.1 Å². The monoisotopic (exact) mass is 322 g/mol. The van der Waals surface area contributed by atoms with Crippen molar-refractivity contribution in [2.75, 3.05) is 13.6 Å². The van der Waals surface area contributed by atoms with Gasteiger partial charge in [-0.1, -0.05) is 28.1 Å². The normalized spacial score (nSPS) is 10.9. The molecular formula is C15H16BrFN2. The molecule has 2 nitrogen and oxygen atoms in total. The zero-order valence-corrected chi connectivity index (χ0v) is 12.4. The molecule has 0 N–H and O–H groups in total. The third-order valence-electron chi connectivity index (χ3n) is 2.93. The van der Waals surface area contributed by atoms with Crippen molar-refractivity contribution in [3.63, 3.8) is 0 Å². The number of benzene rings is 1. The summed E-state index contributed by atoms with van der Waals surface area (Å²) in [6, 6.07) is 10.8. The third kappa shape index (κ3) is 4.40. The van der Waals surface area contributed by atoms with E-state index in [1.807, 2.05) is 30.5 Å². The van der Waals surface area contributed by atoms with Gasteiger partial charge in [-0.15, -0.1) is 0 Å². The van der Waals surface area contributed by atoms with E-state index < -0.39 is 0 Å². The van der Waals surface area contributed by atoms with Crippen molar-refractivity contribution >= 4 is 15.9 Å². The Bertz CT molecular complexity index is 531. The summed E-state index contributed by atoms with van der Waals surface area (Å²) < 4.78 is 13.8. The summed E-state index contributed by atoms with van der Waals surface area (Å²) in [6.45, 7) is 1.70. The van der Waals surface area contributed by atoms with Crippen LogP contribution in [-0.2, 0) is 13.0 Å². The van der Waals surface area contributed by atoms with Crippen molar-refractivity contribution in [2.45, 2.75) is 13.0 Å². The Hall–Kier alpha value is -1.26. The topological polar surface area (TPSA) is 16.1 Å². The number of rotatable bonds is 5. The van der Waals surface area contributed by atoms with Gasteiger partial charge in [0.15, 0.2) is 0 Å². The lowest BCUT2D eigenvalue weighted by Gasteiger charge is -2.17. The van der Waals surface area contributed by atoms with E-state index in [4.69, 9.17) is 0 Å². The second-order valence-corrected chi connectivity index (χ2v) is 5.40. The molecule has 0 unspecified atom stereocenters. The summed E-state index contributed by atoms with van der Waals surface area (Å²) in [4.78, 5) is 6.50. The van der Waals surface area contributed by atoms with Crippen LogP contribution in [0.5, 0.6) is 0 Å². The third-order valence-corrected chi connectivity index (χ3v) is 3.67. The smallest absolute Gasteiger partial charge is 0.124 e. The van der Waals surface area contributed by atoms with Gasteiger partial charge in [0.25, 0.3) is 0 Å². The van der Waals surface area contributed by atoms with Gasteiger partial charge >= 0.3 is 0 Å². The molecule has 0 fully saturated rings. The molecule has 100 valence electrons. The molecule has 0 saturated heterocycles. The van der Waals surface area contributed by atoms with E-state index in [0.717, 1.165) is 35.2 Å². The molecule has 2 rings (SSSR count). The minimum absolute atomic E-state index is 0.216. The quantitative estimate of drug-likeness (QED) is 0.835. The van der Waals surface area contributed by atoms with Crippen LogP contribution in [0.4, 0.5) is 4.39 Å². The highest BCUT2D eigenvalue weighted by atomic mass is 79.9. The maximum Gasteiger partial charge on any atom is 0.124 e. The van der Waals surface area contributed by atoms with Crippen LogP contribution < -0.4 is 0 Å². The average Bonchev–Trinajstić information content (AvgIpc) is 2.41. The lowest BCUT2D eigenvalue weighted by atomic mass is 10.2. The largest absolute Gasteiger partial charge is 0.302 e. The van der Waals surface area contributed by atoms with E-state index in [0.29, 0.717) is 0 Å². The van der Waals surface area contributed by atoms with Crippen LogP contribution in [0.25, 0.3) is 0 Å². The molecule has 1 aromatic carbocycles. The van der Waals surface area contributed by atoms with E-state index in [9.17, 15) is 4.39 Å². The van der Waals surface area contributed by atoms with Crippen LogP contribution >= 0.6 is 15.9 Å². The van der Waals surface area contributed by atoms with E-state index in [-0.39, 0.29) is 5.82 Å². The van der Waals surface area contributed by atoms with Gasteiger partial charge in [-0.25, -0.2) is 4.39 Å². The molecule has 0 radical (unpaired) electrons. The summed E-state index contributed by atoms with van der Waals surface area (Å²) in [5.41, 5.74) is 2.18. The number of hydrogen-bond donors (Lipinski definition) is 0. The number of halogens is 2. The fourth-order valence-corrected chi connectivity index (χ4v) is 2.35. The Morgan fingerprint density at radius 3 is 2.79 bits per heavy atom. The Labute approximate surface area is 121 Å². The zero-order valence-electron chi connectivity index (χ0n) is 10.8. The second kappa shape index (κ2) is 6.78. The van der Waals surface area contributed by atoms with E-state index in [1.54, 1.807) is 0 Å². The van der Waals surface area contributed by atoms with Gasteiger partial charge in [-0.2, -0.15) is 0 Å². The number of likely N-dealkylation sites (N-methyl/N-ethyl adjacent to an activating group) is 1. The van der Waals surface area contributed by atoms with E-state index in [2.05, 4.69) is 32.9 Å². The van der Waals surface area contributed by atoms with Gasteiger partial charge in [-0.05, 0) is 36.9 Å². The molecule has 0 aliphatic rings. The van der Waals surface area contributed by atoms with Crippen LogP contribution in [0.3, 0.4) is 0 Å². The fourth-order valence-electron chi connectivity index (χ4n) is 1.87. The Morgan fingerprint density at radius 2 is 2.11 bits per heavy atom. The SMILES string of the molecule is CN(CCc1ccccn1)Cc1ccc(F)cc1Br. The molecule has 0 atom stereocenters. The molecule has 1 aromatic heterocycles. The maximum atomic E-state index is 13.0. The van der Waals surface area contributed by atoms with Crippen molar-refractivity contribution in [3.8, 4) is 0 Å². The minimum Gasteiger partial charge on any atom is -0.302 e. The second-order valence-electron chi connectivity index (χ2n) is 4.54. The summed E-state index contributed by atoms with van der Waals surface area (Å²) in [6.07, 6.45) is 2.72. The van der Waals surface area contributed by atoms with Crippen LogP contribution in [-0.4, -0.2) is 23.5 Å². The predicted molar refractivity (Wildman–Crippen MR) is 78.4 cm³/mol. The predicted octanol–water partition coefficient (Wildman–Crippen LogP) is 3.66. The first kappa shape index (κ1) is 14.2. The number of hydrogen-bond acceptors (Lipinski definition) is 2. The molecule has 19 heavy (non-hydrogen) atoms. The molecule has 0 saturated carbocycles. The van der Waals surface area contributed by atoms with Crippen LogP contribution in [0.15, 0.2) is 47.1 Å². The van der Waals surface area contributed by atoms with Gasteiger partial charge in [0.1, 0.15) is 5.82 Å². The van der Waals surface area contributed by atoms with Gasteiger partial charge in [-0.3, -0.25) is 4.98 Å². The number of aromatic nitrogens is 1. The Morgan fingerprint density at radius 1 is 1.26 bits per heavy atom. The van der Waals surface area contributed by atoms with Gasteiger partial charge in [0.2, 0.25) is 0 Å². The Kier molecular flexibility index (Phi) is 5.05. The van der Waals surface area contributed by atoms with Crippen molar-refractivity contribution in [3.05, 3.63) is 64.1 Å². The van der Waals surface area contributed by atoms with Crippen LogP contribution in [0.1, 0.15) is 11.3 Å². The molecule has 0 bridgehead atoms. The fraction of sp³-hybridized carbons (Fsp3) is 0.267. The number of nitrogens with zero attached hydrogens (tertiary/aromatic N) is 2. The molecule has 0 spiro atoms. The summed E-state index contributed by atoms with van der Waals surface area (Å²) in [7, 11) is 2.05. The molecule has 4 heteroatoms. The van der Waals surface area contributed by atoms with Crippen molar-refractivity contribution in [1.82, 2.24) is 9.88 Å². The summed E-state index contributed by atoms with van der Waals surface area (Å²) >= 11 is 3.39. The first-order chi connectivity index (χ1) is 9.15. The van der Waals surface area contributed by atoms with Crippen LogP contribution in [0.2, 0.25) is 0 Å². The molecule has 2 aromatic rings. The summed E-state index contributed by atoms with van der Waals surface area (Å²) in [5.74, 6) is -0.216. The first-order valence-corrected chi connectivity index (χ1v) is 6.97.